The molecule has 2 heterocycles. The van der Waals surface area contributed by atoms with Crippen LogP contribution in [-0.2, 0) is 16.6 Å². The predicted octanol–water partition coefficient (Wildman–Crippen LogP) is 3.59. The Hall–Kier alpha value is -2.84. The number of morpholine rings is 1. The van der Waals surface area contributed by atoms with Gasteiger partial charge in [0, 0.05) is 31.5 Å². The number of amides is 1. The molecule has 7 nitrogen and oxygen atoms in total. The van der Waals surface area contributed by atoms with Crippen LogP contribution >= 0.6 is 11.8 Å². The summed E-state index contributed by atoms with van der Waals surface area (Å²) in [5, 5.41) is 4.03. The van der Waals surface area contributed by atoms with Gasteiger partial charge in [0.05, 0.1) is 28.9 Å². The Balaban J connectivity index is 1.39. The first-order valence-electron chi connectivity index (χ1n) is 10.7. The Labute approximate surface area is 191 Å². The molecule has 8 heteroatoms. The van der Waals surface area contributed by atoms with E-state index in [-0.39, 0.29) is 29.4 Å². The number of thioether (sulfide) groups is 1. The number of fused-ring (bicyclic) bond motifs is 1. The van der Waals surface area contributed by atoms with Crippen molar-refractivity contribution in [2.45, 2.75) is 38.1 Å². The molecule has 1 saturated heterocycles. The normalized spacial score (nSPS) is 18.7. The molecule has 1 N–H and O–H groups in total. The van der Waals surface area contributed by atoms with Gasteiger partial charge in [-0.05, 0) is 57.2 Å². The van der Waals surface area contributed by atoms with Crippen molar-refractivity contribution in [1.29, 1.82) is 0 Å². The lowest BCUT2D eigenvalue weighted by molar-refractivity contribution is -0.113. The van der Waals surface area contributed by atoms with Crippen molar-refractivity contribution in [3.8, 4) is 0 Å². The SMILES string of the molecule is Cc1ccc2nc(SCC(=O)Nc3ccc(N4CC(C)OC(C)C4)cc3)n(C)c(=O)c2c1. The van der Waals surface area contributed by atoms with Crippen LogP contribution in [0, 0.1) is 6.92 Å². The number of rotatable bonds is 5. The molecular formula is C24H28N4O3S. The number of carbonyl (C=O) groups is 1. The first kappa shape index (κ1) is 22.4. The fourth-order valence-corrected chi connectivity index (χ4v) is 4.74. The highest BCUT2D eigenvalue weighted by Crippen LogP contribution is 2.23. The van der Waals surface area contributed by atoms with E-state index in [9.17, 15) is 9.59 Å². The molecule has 168 valence electrons. The third-order valence-electron chi connectivity index (χ3n) is 5.46. The Morgan fingerprint density at radius 2 is 1.84 bits per heavy atom. The lowest BCUT2D eigenvalue weighted by Crippen LogP contribution is -2.45. The predicted molar refractivity (Wildman–Crippen MR) is 130 cm³/mol. The van der Waals surface area contributed by atoms with Crippen molar-refractivity contribution in [3.05, 3.63) is 58.4 Å². The molecule has 0 bridgehead atoms. The largest absolute Gasteiger partial charge is 0.372 e. The van der Waals surface area contributed by atoms with Crippen molar-refractivity contribution in [1.82, 2.24) is 9.55 Å². The second-order valence-electron chi connectivity index (χ2n) is 8.33. The molecule has 1 amide bonds. The average molecular weight is 453 g/mol. The molecule has 2 atom stereocenters. The fourth-order valence-electron chi connectivity index (χ4n) is 3.96. The average Bonchev–Trinajstić information content (AvgIpc) is 2.75. The van der Waals surface area contributed by atoms with Gasteiger partial charge in [0.2, 0.25) is 5.91 Å². The van der Waals surface area contributed by atoms with E-state index in [0.29, 0.717) is 16.1 Å². The van der Waals surface area contributed by atoms with E-state index in [4.69, 9.17) is 4.74 Å². The van der Waals surface area contributed by atoms with Crippen LogP contribution in [-0.4, -0.2) is 46.5 Å². The minimum absolute atomic E-state index is 0.107. The van der Waals surface area contributed by atoms with Crippen LogP contribution in [0.4, 0.5) is 11.4 Å². The summed E-state index contributed by atoms with van der Waals surface area (Å²) in [6, 6.07) is 13.5. The molecule has 0 spiro atoms. The maximum Gasteiger partial charge on any atom is 0.261 e. The van der Waals surface area contributed by atoms with E-state index >= 15 is 0 Å². The van der Waals surface area contributed by atoms with E-state index in [2.05, 4.69) is 29.0 Å². The van der Waals surface area contributed by atoms with Crippen molar-refractivity contribution in [2.24, 2.45) is 7.05 Å². The molecule has 2 aromatic carbocycles. The molecule has 0 saturated carbocycles. The number of hydrogen-bond acceptors (Lipinski definition) is 6. The van der Waals surface area contributed by atoms with Crippen LogP contribution in [0.3, 0.4) is 0 Å². The number of aromatic nitrogens is 2. The maximum absolute atomic E-state index is 12.6. The molecule has 32 heavy (non-hydrogen) atoms. The molecule has 2 unspecified atom stereocenters. The molecule has 0 radical (unpaired) electrons. The van der Waals surface area contributed by atoms with Gasteiger partial charge in [0.25, 0.3) is 5.56 Å². The molecule has 1 aromatic heterocycles. The smallest absolute Gasteiger partial charge is 0.261 e. The lowest BCUT2D eigenvalue weighted by Gasteiger charge is -2.36. The summed E-state index contributed by atoms with van der Waals surface area (Å²) < 4.78 is 7.29. The van der Waals surface area contributed by atoms with Crippen molar-refractivity contribution >= 4 is 39.9 Å². The zero-order valence-electron chi connectivity index (χ0n) is 18.8. The second kappa shape index (κ2) is 9.34. The van der Waals surface area contributed by atoms with Gasteiger partial charge in [0.1, 0.15) is 0 Å². The molecule has 1 aliphatic heterocycles. The van der Waals surface area contributed by atoms with Crippen LogP contribution in [0.15, 0.2) is 52.4 Å². The Morgan fingerprint density at radius 1 is 1.16 bits per heavy atom. The first-order chi connectivity index (χ1) is 15.3. The zero-order valence-corrected chi connectivity index (χ0v) is 19.6. The van der Waals surface area contributed by atoms with Gasteiger partial charge >= 0.3 is 0 Å². The van der Waals surface area contributed by atoms with E-state index < -0.39 is 0 Å². The topological polar surface area (TPSA) is 76.5 Å². The van der Waals surface area contributed by atoms with Crippen LogP contribution < -0.4 is 15.8 Å². The van der Waals surface area contributed by atoms with Crippen molar-refractivity contribution in [3.63, 3.8) is 0 Å². The number of nitrogens with one attached hydrogen (secondary N) is 1. The Morgan fingerprint density at radius 3 is 2.53 bits per heavy atom. The summed E-state index contributed by atoms with van der Waals surface area (Å²) in [4.78, 5) is 32.0. The molecule has 3 aromatic rings. The maximum atomic E-state index is 12.6. The summed E-state index contributed by atoms with van der Waals surface area (Å²) >= 11 is 1.25. The third kappa shape index (κ3) is 4.97. The summed E-state index contributed by atoms with van der Waals surface area (Å²) in [7, 11) is 1.68. The highest BCUT2D eigenvalue weighted by atomic mass is 32.2. The second-order valence-corrected chi connectivity index (χ2v) is 9.27. The summed E-state index contributed by atoms with van der Waals surface area (Å²) in [5.41, 5.74) is 3.40. The number of carbonyl (C=O) groups excluding carboxylic acids is 1. The van der Waals surface area contributed by atoms with Crippen LogP contribution in [0.5, 0.6) is 0 Å². The minimum atomic E-state index is -0.144. The van der Waals surface area contributed by atoms with E-state index in [0.717, 1.165) is 30.0 Å². The highest BCUT2D eigenvalue weighted by molar-refractivity contribution is 7.99. The van der Waals surface area contributed by atoms with E-state index in [1.807, 2.05) is 49.4 Å². The van der Waals surface area contributed by atoms with E-state index in [1.165, 1.54) is 16.3 Å². The van der Waals surface area contributed by atoms with Crippen LogP contribution in [0.1, 0.15) is 19.4 Å². The van der Waals surface area contributed by atoms with Gasteiger partial charge in [-0.2, -0.15) is 0 Å². The van der Waals surface area contributed by atoms with Gasteiger partial charge in [-0.1, -0.05) is 23.4 Å². The van der Waals surface area contributed by atoms with Crippen LogP contribution in [0.2, 0.25) is 0 Å². The van der Waals surface area contributed by atoms with E-state index in [1.54, 1.807) is 7.05 Å². The summed E-state index contributed by atoms with van der Waals surface area (Å²) in [5.74, 6) is 0.0207. The molecule has 0 aliphatic carbocycles. The number of nitrogens with zero attached hydrogens (tertiary/aromatic N) is 3. The number of benzene rings is 2. The highest BCUT2D eigenvalue weighted by Gasteiger charge is 2.22. The quantitative estimate of drug-likeness (QED) is 0.471. The first-order valence-corrected chi connectivity index (χ1v) is 11.7. The van der Waals surface area contributed by atoms with Gasteiger partial charge in [-0.3, -0.25) is 14.2 Å². The van der Waals surface area contributed by atoms with Gasteiger partial charge in [0.15, 0.2) is 5.16 Å². The summed E-state index contributed by atoms with van der Waals surface area (Å²) in [6.07, 6.45) is 0.387. The lowest BCUT2D eigenvalue weighted by atomic mass is 10.2. The standard InChI is InChI=1S/C24H28N4O3S/c1-15-5-10-21-20(11-15)23(30)27(4)24(26-21)32-14-22(29)25-18-6-8-19(9-7-18)28-12-16(2)31-17(3)13-28/h5-11,16-17H,12-14H2,1-4H3,(H,25,29). The molecule has 1 aliphatic rings. The number of ether oxygens (including phenoxy) is 1. The number of aryl methyl sites for hydroxylation is 1. The van der Waals surface area contributed by atoms with Crippen molar-refractivity contribution in [2.75, 3.05) is 29.1 Å². The molecule has 1 fully saturated rings. The fraction of sp³-hybridized carbons (Fsp3) is 0.375. The van der Waals surface area contributed by atoms with Crippen molar-refractivity contribution < 1.29 is 9.53 Å². The number of hydrogen-bond donors (Lipinski definition) is 1. The number of anilines is 2. The third-order valence-corrected chi connectivity index (χ3v) is 6.49. The van der Waals surface area contributed by atoms with Gasteiger partial charge < -0.3 is 15.0 Å². The Kier molecular flexibility index (Phi) is 6.53. The summed E-state index contributed by atoms with van der Waals surface area (Å²) in [6.45, 7) is 7.81. The van der Waals surface area contributed by atoms with Gasteiger partial charge in [-0.25, -0.2) is 4.98 Å². The molecule has 4 rings (SSSR count). The zero-order chi connectivity index (χ0) is 22.8. The Bertz CT molecular complexity index is 1180. The van der Waals surface area contributed by atoms with Crippen LogP contribution in [0.25, 0.3) is 10.9 Å². The monoisotopic (exact) mass is 452 g/mol. The molecular weight excluding hydrogens is 424 g/mol. The van der Waals surface area contributed by atoms with Gasteiger partial charge in [-0.15, -0.1) is 0 Å². The minimum Gasteiger partial charge on any atom is -0.372 e.